The third kappa shape index (κ3) is 2.21. The summed E-state index contributed by atoms with van der Waals surface area (Å²) in [6.45, 7) is 1.87. The van der Waals surface area contributed by atoms with Gasteiger partial charge >= 0.3 is 0 Å². The molecule has 1 heterocycles. The molecule has 4 heteroatoms. The summed E-state index contributed by atoms with van der Waals surface area (Å²) in [5, 5.41) is 0. The average molecular weight is 352 g/mol. The Hall–Kier alpha value is -1.17. The van der Waals surface area contributed by atoms with Gasteiger partial charge in [-0.15, -0.1) is 0 Å². The molecule has 0 radical (unpaired) electrons. The molecule has 0 unspecified atom stereocenters. The van der Waals surface area contributed by atoms with Crippen molar-refractivity contribution in [1.82, 2.24) is 9.97 Å². The normalized spacial score (nSPS) is 14.8. The lowest BCUT2D eigenvalue weighted by atomic mass is 10.1. The fraction of sp³-hybridized carbons (Fsp3) is 0.286. The summed E-state index contributed by atoms with van der Waals surface area (Å²) in [5.41, 5.74) is 3.07. The molecule has 0 aliphatic heterocycles. The van der Waals surface area contributed by atoms with Crippen molar-refractivity contribution in [2.75, 3.05) is 0 Å². The van der Waals surface area contributed by atoms with Crippen LogP contribution < -0.4 is 5.56 Å². The van der Waals surface area contributed by atoms with Crippen molar-refractivity contribution in [2.45, 2.75) is 25.7 Å². The predicted molar refractivity (Wildman–Crippen MR) is 79.7 cm³/mol. The zero-order chi connectivity index (χ0) is 12.7. The van der Waals surface area contributed by atoms with Crippen molar-refractivity contribution in [3.8, 4) is 11.4 Å². The summed E-state index contributed by atoms with van der Waals surface area (Å²) >= 11 is 2.03. The second-order valence-electron chi connectivity index (χ2n) is 4.71. The molecule has 92 valence electrons. The lowest BCUT2D eigenvalue weighted by molar-refractivity contribution is 1.05. The van der Waals surface area contributed by atoms with E-state index in [1.54, 1.807) is 0 Å². The summed E-state index contributed by atoms with van der Waals surface area (Å²) in [7, 11) is 0. The maximum atomic E-state index is 11.8. The molecule has 1 aliphatic rings. The molecule has 1 aromatic carbocycles. The van der Waals surface area contributed by atoms with Gasteiger partial charge < -0.3 is 4.98 Å². The number of nitrogens with one attached hydrogen (secondary N) is 1. The Morgan fingerprint density at radius 3 is 2.83 bits per heavy atom. The average Bonchev–Trinajstić information content (AvgIpc) is 3.20. The second-order valence-corrected chi connectivity index (χ2v) is 5.79. The molecule has 18 heavy (non-hydrogen) atoms. The number of H-pyrrole nitrogens is 1. The second kappa shape index (κ2) is 4.50. The molecule has 0 saturated heterocycles. The molecule has 1 saturated carbocycles. The smallest absolute Gasteiger partial charge is 0.264 e. The van der Waals surface area contributed by atoms with E-state index in [4.69, 9.17) is 0 Å². The lowest BCUT2D eigenvalue weighted by Crippen LogP contribution is -2.14. The largest absolute Gasteiger partial charge is 0.306 e. The third-order valence-corrected chi connectivity index (χ3v) is 4.51. The Bertz CT molecular complexity index is 659. The van der Waals surface area contributed by atoms with Gasteiger partial charge in [0.05, 0.1) is 9.26 Å². The molecule has 0 bridgehead atoms. The van der Waals surface area contributed by atoms with E-state index in [-0.39, 0.29) is 5.56 Å². The van der Waals surface area contributed by atoms with Crippen LogP contribution in [-0.2, 0) is 0 Å². The van der Waals surface area contributed by atoms with E-state index in [0.29, 0.717) is 15.3 Å². The van der Waals surface area contributed by atoms with Gasteiger partial charge in [-0.05, 0) is 59.9 Å². The lowest BCUT2D eigenvalue weighted by Gasteiger charge is -2.05. The number of benzene rings is 1. The van der Waals surface area contributed by atoms with Crippen molar-refractivity contribution in [1.29, 1.82) is 0 Å². The van der Waals surface area contributed by atoms with Gasteiger partial charge in [0, 0.05) is 5.56 Å². The van der Waals surface area contributed by atoms with Gasteiger partial charge in [0.2, 0.25) is 0 Å². The molecule has 1 fully saturated rings. The van der Waals surface area contributed by atoms with Crippen LogP contribution in [0.15, 0.2) is 29.1 Å². The summed E-state index contributed by atoms with van der Waals surface area (Å²) in [5.74, 6) is 1.38. The van der Waals surface area contributed by atoms with Crippen molar-refractivity contribution in [3.63, 3.8) is 0 Å². The Morgan fingerprint density at radius 2 is 2.17 bits per heavy atom. The van der Waals surface area contributed by atoms with Crippen LogP contribution in [0.1, 0.15) is 30.0 Å². The van der Waals surface area contributed by atoms with Crippen molar-refractivity contribution < 1.29 is 0 Å². The van der Waals surface area contributed by atoms with E-state index in [1.165, 1.54) is 18.4 Å². The van der Waals surface area contributed by atoms with E-state index in [0.717, 1.165) is 11.3 Å². The Kier molecular flexibility index (Phi) is 2.97. The van der Waals surface area contributed by atoms with E-state index >= 15 is 0 Å². The van der Waals surface area contributed by atoms with Crippen LogP contribution in [0.25, 0.3) is 11.4 Å². The quantitative estimate of drug-likeness (QED) is 0.844. The maximum absolute atomic E-state index is 11.8. The highest BCUT2D eigenvalue weighted by Crippen LogP contribution is 2.40. The van der Waals surface area contributed by atoms with Gasteiger partial charge in [-0.3, -0.25) is 4.79 Å². The van der Waals surface area contributed by atoms with Crippen LogP contribution in [0.3, 0.4) is 0 Å². The fourth-order valence-electron chi connectivity index (χ4n) is 2.06. The minimum atomic E-state index is -0.0603. The monoisotopic (exact) mass is 352 g/mol. The number of halogens is 1. The number of aromatic nitrogens is 2. The topological polar surface area (TPSA) is 45.8 Å². The Labute approximate surface area is 119 Å². The zero-order valence-electron chi connectivity index (χ0n) is 10.0. The van der Waals surface area contributed by atoms with Gasteiger partial charge in [0.1, 0.15) is 5.82 Å². The molecule has 1 N–H and O–H groups in total. The van der Waals surface area contributed by atoms with Crippen LogP contribution >= 0.6 is 22.6 Å². The standard InChI is InChI=1S/C14H13IN2O/c1-8-12(15)14(18)17-13(16-8)11-4-2-3-10(7-11)9-5-6-9/h2-4,7,9H,5-6H2,1H3,(H,16,17,18). The molecule has 0 atom stereocenters. The summed E-state index contributed by atoms with van der Waals surface area (Å²) in [4.78, 5) is 19.1. The van der Waals surface area contributed by atoms with Gasteiger partial charge in [0.15, 0.2) is 0 Å². The molecule has 0 amide bonds. The summed E-state index contributed by atoms with van der Waals surface area (Å²) in [6.07, 6.45) is 2.55. The number of hydrogen-bond acceptors (Lipinski definition) is 2. The van der Waals surface area contributed by atoms with Crippen molar-refractivity contribution >= 4 is 22.6 Å². The highest BCUT2D eigenvalue weighted by Gasteiger charge is 2.23. The molecule has 0 spiro atoms. The Morgan fingerprint density at radius 1 is 1.39 bits per heavy atom. The van der Waals surface area contributed by atoms with Gasteiger partial charge in [-0.25, -0.2) is 4.98 Å². The van der Waals surface area contributed by atoms with Crippen LogP contribution in [0.2, 0.25) is 0 Å². The van der Waals surface area contributed by atoms with E-state index < -0.39 is 0 Å². The van der Waals surface area contributed by atoms with Gasteiger partial charge in [-0.2, -0.15) is 0 Å². The minimum Gasteiger partial charge on any atom is -0.306 e. The number of nitrogens with zero attached hydrogens (tertiary/aromatic N) is 1. The maximum Gasteiger partial charge on any atom is 0.264 e. The van der Waals surface area contributed by atoms with Crippen molar-refractivity contribution in [3.05, 3.63) is 49.4 Å². The predicted octanol–water partition coefficient (Wildman–Crippen LogP) is 3.23. The van der Waals surface area contributed by atoms with Gasteiger partial charge in [0.25, 0.3) is 5.56 Å². The number of hydrogen-bond donors (Lipinski definition) is 1. The highest BCUT2D eigenvalue weighted by molar-refractivity contribution is 14.1. The first-order chi connectivity index (χ1) is 8.65. The first-order valence-electron chi connectivity index (χ1n) is 6.02. The van der Waals surface area contributed by atoms with Crippen LogP contribution in [0, 0.1) is 10.5 Å². The molecular formula is C14H13IN2O. The van der Waals surface area contributed by atoms with Crippen LogP contribution in [0.5, 0.6) is 0 Å². The van der Waals surface area contributed by atoms with E-state index in [2.05, 4.69) is 22.1 Å². The van der Waals surface area contributed by atoms with Crippen molar-refractivity contribution in [2.24, 2.45) is 0 Å². The third-order valence-electron chi connectivity index (χ3n) is 3.24. The molecule has 3 rings (SSSR count). The van der Waals surface area contributed by atoms with Crippen LogP contribution in [-0.4, -0.2) is 9.97 Å². The number of rotatable bonds is 2. The minimum absolute atomic E-state index is 0.0603. The highest BCUT2D eigenvalue weighted by atomic mass is 127. The first-order valence-corrected chi connectivity index (χ1v) is 7.10. The molecule has 2 aromatic rings. The molecular weight excluding hydrogens is 339 g/mol. The molecule has 3 nitrogen and oxygen atoms in total. The van der Waals surface area contributed by atoms with E-state index in [9.17, 15) is 4.79 Å². The van der Waals surface area contributed by atoms with E-state index in [1.807, 2.05) is 41.6 Å². The number of aromatic amines is 1. The number of aryl methyl sites for hydroxylation is 1. The zero-order valence-corrected chi connectivity index (χ0v) is 12.2. The van der Waals surface area contributed by atoms with Gasteiger partial charge in [-0.1, -0.05) is 18.2 Å². The fourth-order valence-corrected chi connectivity index (χ4v) is 2.32. The Balaban J connectivity index is 2.09. The molecule has 1 aromatic heterocycles. The molecule has 1 aliphatic carbocycles. The van der Waals surface area contributed by atoms with Crippen LogP contribution in [0.4, 0.5) is 0 Å². The summed E-state index contributed by atoms with van der Waals surface area (Å²) in [6, 6.07) is 8.33. The SMILES string of the molecule is Cc1nc(-c2cccc(C3CC3)c2)[nH]c(=O)c1I. The first kappa shape index (κ1) is 11.9. The summed E-state index contributed by atoms with van der Waals surface area (Å²) < 4.78 is 0.662.